The maximum Gasteiger partial charge on any atom is 0.243 e. The molecule has 1 unspecified atom stereocenters. The van der Waals surface area contributed by atoms with Gasteiger partial charge in [0.05, 0.1) is 19.2 Å². The molecule has 1 aliphatic rings. The van der Waals surface area contributed by atoms with E-state index in [1.54, 1.807) is 0 Å². The minimum atomic E-state index is -0.236. The van der Waals surface area contributed by atoms with Crippen LogP contribution in [0.15, 0.2) is 42.5 Å². The van der Waals surface area contributed by atoms with Crippen molar-refractivity contribution < 1.29 is 14.3 Å². The number of likely N-dealkylation sites (tertiary alicyclic amines) is 1. The van der Waals surface area contributed by atoms with Gasteiger partial charge in [-0.1, -0.05) is 30.3 Å². The number of rotatable bonds is 10. The largest absolute Gasteiger partial charge is 0.494 e. The number of hydrogen-bond donors (Lipinski definition) is 2. The monoisotopic (exact) mass is 465 g/mol. The lowest BCUT2D eigenvalue weighted by molar-refractivity contribution is -0.128. The van der Waals surface area contributed by atoms with E-state index in [1.165, 1.54) is 12.0 Å². The van der Waals surface area contributed by atoms with Gasteiger partial charge in [0.2, 0.25) is 11.8 Å². The Morgan fingerprint density at radius 1 is 1.06 bits per heavy atom. The molecule has 1 fully saturated rings. The first-order chi connectivity index (χ1) is 16.4. The lowest BCUT2D eigenvalue weighted by Crippen LogP contribution is -2.49. The third kappa shape index (κ3) is 7.32. The lowest BCUT2D eigenvalue weighted by Gasteiger charge is -2.35. The van der Waals surface area contributed by atoms with Gasteiger partial charge in [-0.2, -0.15) is 0 Å². The van der Waals surface area contributed by atoms with Gasteiger partial charge in [-0.25, -0.2) is 0 Å². The Hall–Kier alpha value is -2.86. The first-order valence-electron chi connectivity index (χ1n) is 12.5. The molecule has 0 radical (unpaired) electrons. The second-order valence-electron chi connectivity index (χ2n) is 9.30. The van der Waals surface area contributed by atoms with Crippen LogP contribution in [0.3, 0.4) is 0 Å². The van der Waals surface area contributed by atoms with E-state index in [9.17, 15) is 9.59 Å². The van der Waals surface area contributed by atoms with E-state index >= 15 is 0 Å². The highest BCUT2D eigenvalue weighted by Crippen LogP contribution is 2.24. The Bertz CT molecular complexity index is 930. The molecule has 184 valence electrons. The van der Waals surface area contributed by atoms with Gasteiger partial charge in [0.15, 0.2) is 0 Å². The van der Waals surface area contributed by atoms with Crippen LogP contribution in [0.5, 0.6) is 5.75 Å². The number of carbonyl (C=O) groups excluding carboxylic acids is 2. The molecule has 34 heavy (non-hydrogen) atoms. The number of hydrogen-bond acceptors (Lipinski definition) is 4. The van der Waals surface area contributed by atoms with Gasteiger partial charge in [-0.3, -0.25) is 14.5 Å². The summed E-state index contributed by atoms with van der Waals surface area (Å²) in [4.78, 5) is 27.2. The average Bonchev–Trinajstić information content (AvgIpc) is 2.84. The van der Waals surface area contributed by atoms with Crippen LogP contribution in [0.4, 0.5) is 5.69 Å². The molecule has 3 rings (SSSR count). The van der Waals surface area contributed by atoms with Crippen molar-refractivity contribution in [1.29, 1.82) is 0 Å². The molecule has 2 aromatic carbocycles. The highest BCUT2D eigenvalue weighted by atomic mass is 16.5. The molecule has 2 N–H and O–H groups in total. The number of nitrogens with one attached hydrogen (secondary N) is 2. The number of nitrogens with zero attached hydrogens (tertiary/aromatic N) is 1. The van der Waals surface area contributed by atoms with Crippen molar-refractivity contribution in [2.45, 2.75) is 59.4 Å². The second-order valence-corrected chi connectivity index (χ2v) is 9.30. The first kappa shape index (κ1) is 25.8. The fraction of sp³-hybridized carbons (Fsp3) is 0.500. The highest BCUT2D eigenvalue weighted by molar-refractivity contribution is 5.96. The number of para-hydroxylation sites is 1. The number of piperidine rings is 1. The minimum absolute atomic E-state index is 0.0184. The summed E-state index contributed by atoms with van der Waals surface area (Å²) in [6, 6.07) is 14.1. The SMILES string of the molecule is CCOc1ccc(CCC2CCN(C(C)C(=O)NCC(=O)Nc3c(C)cccc3C)CC2)cc1. The maximum absolute atomic E-state index is 12.7. The number of carbonyl (C=O) groups is 2. The molecule has 0 aliphatic carbocycles. The Kier molecular flexibility index (Phi) is 9.52. The molecule has 2 amide bonds. The minimum Gasteiger partial charge on any atom is -0.494 e. The van der Waals surface area contributed by atoms with E-state index in [0.29, 0.717) is 12.5 Å². The smallest absolute Gasteiger partial charge is 0.243 e. The zero-order valence-electron chi connectivity index (χ0n) is 21.0. The van der Waals surface area contributed by atoms with E-state index in [0.717, 1.165) is 54.9 Å². The molecule has 0 spiro atoms. The molecule has 6 heteroatoms. The van der Waals surface area contributed by atoms with Gasteiger partial charge < -0.3 is 15.4 Å². The molecule has 1 heterocycles. The van der Waals surface area contributed by atoms with Crippen LogP contribution in [-0.2, 0) is 16.0 Å². The number of anilines is 1. The summed E-state index contributed by atoms with van der Waals surface area (Å²) in [5.41, 5.74) is 4.19. The van der Waals surface area contributed by atoms with Crippen molar-refractivity contribution in [3.8, 4) is 5.75 Å². The summed E-state index contributed by atoms with van der Waals surface area (Å²) in [5, 5.41) is 5.73. The molecular weight excluding hydrogens is 426 g/mol. The standard InChI is InChI=1S/C28H39N3O3/c1-5-34-25-13-11-23(12-14-25)9-10-24-15-17-31(18-16-24)22(4)28(33)29-19-26(32)30-27-20(2)7-6-8-21(27)3/h6-8,11-14,22,24H,5,9-10,15-19H2,1-4H3,(H,29,33)(H,30,32). The third-order valence-electron chi connectivity index (χ3n) is 6.82. The molecule has 0 aromatic heterocycles. The van der Waals surface area contributed by atoms with E-state index in [1.807, 2.05) is 58.0 Å². The van der Waals surface area contributed by atoms with Crippen molar-refractivity contribution in [2.75, 3.05) is 31.6 Å². The van der Waals surface area contributed by atoms with Crippen LogP contribution in [0.1, 0.15) is 49.8 Å². The topological polar surface area (TPSA) is 70.7 Å². The average molecular weight is 466 g/mol. The van der Waals surface area contributed by atoms with Gasteiger partial charge in [-0.15, -0.1) is 0 Å². The lowest BCUT2D eigenvalue weighted by atomic mass is 9.90. The van der Waals surface area contributed by atoms with Crippen LogP contribution in [-0.4, -0.2) is 49.0 Å². The summed E-state index contributed by atoms with van der Waals surface area (Å²) >= 11 is 0. The second kappa shape index (κ2) is 12.6. The van der Waals surface area contributed by atoms with Crippen molar-refractivity contribution in [3.63, 3.8) is 0 Å². The zero-order valence-corrected chi connectivity index (χ0v) is 21.0. The van der Waals surface area contributed by atoms with Crippen LogP contribution in [0.2, 0.25) is 0 Å². The van der Waals surface area contributed by atoms with Gasteiger partial charge in [0.25, 0.3) is 0 Å². The first-order valence-corrected chi connectivity index (χ1v) is 12.5. The molecule has 1 saturated heterocycles. The van der Waals surface area contributed by atoms with Crippen LogP contribution >= 0.6 is 0 Å². The van der Waals surface area contributed by atoms with Gasteiger partial charge in [-0.05, 0) is 101 Å². The molecule has 2 aromatic rings. The highest BCUT2D eigenvalue weighted by Gasteiger charge is 2.26. The Labute approximate surface area is 204 Å². The Balaban J connectivity index is 1.37. The Morgan fingerprint density at radius 2 is 1.71 bits per heavy atom. The summed E-state index contributed by atoms with van der Waals surface area (Å²) in [6.45, 7) is 10.3. The fourth-order valence-corrected chi connectivity index (χ4v) is 4.59. The quantitative estimate of drug-likeness (QED) is 0.542. The molecular formula is C28H39N3O3. The summed E-state index contributed by atoms with van der Waals surface area (Å²) in [5.74, 6) is 1.31. The summed E-state index contributed by atoms with van der Waals surface area (Å²) < 4.78 is 5.51. The van der Waals surface area contributed by atoms with Crippen molar-refractivity contribution >= 4 is 17.5 Å². The molecule has 0 saturated carbocycles. The zero-order chi connectivity index (χ0) is 24.5. The third-order valence-corrected chi connectivity index (χ3v) is 6.82. The van der Waals surface area contributed by atoms with Gasteiger partial charge in [0, 0.05) is 5.69 Å². The van der Waals surface area contributed by atoms with Crippen molar-refractivity contribution in [3.05, 3.63) is 59.2 Å². The van der Waals surface area contributed by atoms with Gasteiger partial charge in [0.1, 0.15) is 5.75 Å². The van der Waals surface area contributed by atoms with Crippen molar-refractivity contribution in [2.24, 2.45) is 5.92 Å². The normalized spacial score (nSPS) is 15.5. The number of amides is 2. The van der Waals surface area contributed by atoms with E-state index in [2.05, 4.69) is 27.7 Å². The molecule has 6 nitrogen and oxygen atoms in total. The molecule has 1 aliphatic heterocycles. The van der Waals surface area contributed by atoms with E-state index in [-0.39, 0.29) is 24.4 Å². The molecule has 0 bridgehead atoms. The van der Waals surface area contributed by atoms with E-state index in [4.69, 9.17) is 4.74 Å². The Morgan fingerprint density at radius 3 is 2.32 bits per heavy atom. The summed E-state index contributed by atoms with van der Waals surface area (Å²) in [7, 11) is 0. The predicted octanol–water partition coefficient (Wildman–Crippen LogP) is 4.49. The summed E-state index contributed by atoms with van der Waals surface area (Å²) in [6.07, 6.45) is 4.44. The van der Waals surface area contributed by atoms with E-state index < -0.39 is 0 Å². The van der Waals surface area contributed by atoms with Gasteiger partial charge >= 0.3 is 0 Å². The number of benzene rings is 2. The number of ether oxygens (including phenoxy) is 1. The maximum atomic E-state index is 12.7. The number of aryl methyl sites for hydroxylation is 3. The van der Waals surface area contributed by atoms with Crippen molar-refractivity contribution in [1.82, 2.24) is 10.2 Å². The molecule has 1 atom stereocenters. The van der Waals surface area contributed by atoms with Crippen LogP contribution in [0.25, 0.3) is 0 Å². The van der Waals surface area contributed by atoms with Crippen LogP contribution in [0, 0.1) is 19.8 Å². The van der Waals surface area contributed by atoms with Crippen LogP contribution < -0.4 is 15.4 Å². The predicted molar refractivity (Wildman–Crippen MR) is 137 cm³/mol. The fourth-order valence-electron chi connectivity index (χ4n) is 4.59.